The molecule has 2 aromatic rings. The van der Waals surface area contributed by atoms with E-state index >= 15 is 0 Å². The average Bonchev–Trinajstić information content (AvgIpc) is 2.36. The highest BCUT2D eigenvalue weighted by molar-refractivity contribution is 6.31. The summed E-state index contributed by atoms with van der Waals surface area (Å²) in [5, 5.41) is 3.67. The van der Waals surface area contributed by atoms with Gasteiger partial charge >= 0.3 is 0 Å². The fourth-order valence-corrected chi connectivity index (χ4v) is 2.28. The third kappa shape index (κ3) is 3.11. The van der Waals surface area contributed by atoms with E-state index in [0.29, 0.717) is 16.1 Å². The van der Waals surface area contributed by atoms with Crippen LogP contribution in [0.15, 0.2) is 36.4 Å². The van der Waals surface area contributed by atoms with Crippen LogP contribution in [0, 0.1) is 11.6 Å². The van der Waals surface area contributed by atoms with E-state index in [1.165, 1.54) is 12.1 Å². The van der Waals surface area contributed by atoms with Crippen LogP contribution in [0.5, 0.6) is 0 Å². The van der Waals surface area contributed by atoms with Crippen molar-refractivity contribution in [3.8, 4) is 11.1 Å². The molecule has 0 radical (unpaired) electrons. The maximum absolute atomic E-state index is 13.2. The van der Waals surface area contributed by atoms with Crippen LogP contribution in [0.25, 0.3) is 11.1 Å². The van der Waals surface area contributed by atoms with Crippen molar-refractivity contribution in [1.29, 1.82) is 0 Å². The van der Waals surface area contributed by atoms with E-state index in [0.717, 1.165) is 11.6 Å². The minimum Gasteiger partial charge on any atom is -0.313 e. The summed E-state index contributed by atoms with van der Waals surface area (Å²) < 4.78 is 26.4. The number of benzene rings is 2. The fourth-order valence-electron chi connectivity index (χ4n) is 1.93. The number of rotatable bonds is 3. The lowest BCUT2D eigenvalue weighted by molar-refractivity contribution is 0.584. The summed E-state index contributed by atoms with van der Waals surface area (Å²) in [4.78, 5) is 0. The monoisotopic (exact) mass is 281 g/mol. The molecule has 0 saturated heterocycles. The summed E-state index contributed by atoms with van der Waals surface area (Å²) >= 11 is 6.20. The Bertz CT molecular complexity index is 578. The first kappa shape index (κ1) is 14.0. The summed E-state index contributed by atoms with van der Waals surface area (Å²) in [6.07, 6.45) is 0. The van der Waals surface area contributed by atoms with Crippen molar-refractivity contribution in [2.45, 2.75) is 13.0 Å². The lowest BCUT2D eigenvalue weighted by atomic mass is 10.0. The van der Waals surface area contributed by atoms with Gasteiger partial charge in [0.1, 0.15) is 11.6 Å². The smallest absolute Gasteiger partial charge is 0.126 e. The third-order valence-electron chi connectivity index (χ3n) is 3.10. The number of nitrogens with one attached hydrogen (secondary N) is 1. The maximum Gasteiger partial charge on any atom is 0.126 e. The summed E-state index contributed by atoms with van der Waals surface area (Å²) in [7, 11) is 1.84. The van der Waals surface area contributed by atoms with Crippen molar-refractivity contribution in [1.82, 2.24) is 5.32 Å². The molecule has 1 N–H and O–H groups in total. The average molecular weight is 282 g/mol. The standard InChI is InChI=1S/C15H14ClF2N/c1-9(19-2)14-4-3-10(7-15(14)16)11-5-12(17)8-13(18)6-11/h3-9,19H,1-2H3. The van der Waals surface area contributed by atoms with Crippen LogP contribution in [0.2, 0.25) is 5.02 Å². The molecule has 0 fully saturated rings. The Morgan fingerprint density at radius 2 is 1.63 bits per heavy atom. The molecular formula is C15H14ClF2N. The lowest BCUT2D eigenvalue weighted by Crippen LogP contribution is -2.12. The first-order valence-electron chi connectivity index (χ1n) is 5.94. The van der Waals surface area contributed by atoms with Gasteiger partial charge in [-0.25, -0.2) is 8.78 Å². The van der Waals surface area contributed by atoms with Crippen LogP contribution >= 0.6 is 11.6 Å². The van der Waals surface area contributed by atoms with E-state index in [1.54, 1.807) is 6.07 Å². The van der Waals surface area contributed by atoms with Crippen molar-refractivity contribution < 1.29 is 8.78 Å². The first-order chi connectivity index (χ1) is 9.01. The summed E-state index contributed by atoms with van der Waals surface area (Å²) in [5.41, 5.74) is 2.11. The van der Waals surface area contributed by atoms with Crippen molar-refractivity contribution in [3.63, 3.8) is 0 Å². The predicted molar refractivity (Wildman–Crippen MR) is 74.3 cm³/mol. The van der Waals surface area contributed by atoms with Gasteiger partial charge in [-0.05, 0) is 48.9 Å². The second-order valence-electron chi connectivity index (χ2n) is 4.40. The Balaban J connectivity index is 2.44. The zero-order valence-electron chi connectivity index (χ0n) is 10.7. The van der Waals surface area contributed by atoms with Gasteiger partial charge in [0.2, 0.25) is 0 Å². The van der Waals surface area contributed by atoms with Crippen LogP contribution in [-0.2, 0) is 0 Å². The van der Waals surface area contributed by atoms with Crippen LogP contribution in [0.1, 0.15) is 18.5 Å². The van der Waals surface area contributed by atoms with Gasteiger partial charge < -0.3 is 5.32 Å². The second kappa shape index (κ2) is 5.68. The Hall–Kier alpha value is -1.45. The van der Waals surface area contributed by atoms with Crippen molar-refractivity contribution >= 4 is 11.6 Å². The molecule has 1 atom stereocenters. The van der Waals surface area contributed by atoms with Crippen molar-refractivity contribution in [2.75, 3.05) is 7.05 Å². The second-order valence-corrected chi connectivity index (χ2v) is 4.81. The quantitative estimate of drug-likeness (QED) is 0.869. The Kier molecular flexibility index (Phi) is 4.17. The van der Waals surface area contributed by atoms with Gasteiger partial charge in [0.15, 0.2) is 0 Å². The molecule has 2 rings (SSSR count). The first-order valence-corrected chi connectivity index (χ1v) is 6.32. The molecule has 100 valence electrons. The number of halogens is 3. The molecular weight excluding hydrogens is 268 g/mol. The van der Waals surface area contributed by atoms with E-state index in [2.05, 4.69) is 5.32 Å². The van der Waals surface area contributed by atoms with Gasteiger partial charge in [-0.15, -0.1) is 0 Å². The molecule has 0 heterocycles. The van der Waals surface area contributed by atoms with E-state index in [9.17, 15) is 8.78 Å². The number of hydrogen-bond acceptors (Lipinski definition) is 1. The molecule has 0 bridgehead atoms. The summed E-state index contributed by atoms with van der Waals surface area (Å²) in [6.45, 7) is 1.99. The van der Waals surface area contributed by atoms with Crippen LogP contribution in [-0.4, -0.2) is 7.05 Å². The van der Waals surface area contributed by atoms with Gasteiger partial charge in [-0.2, -0.15) is 0 Å². The van der Waals surface area contributed by atoms with E-state index in [1.807, 2.05) is 26.1 Å². The highest BCUT2D eigenvalue weighted by Crippen LogP contribution is 2.29. The molecule has 0 aliphatic heterocycles. The van der Waals surface area contributed by atoms with E-state index < -0.39 is 11.6 Å². The predicted octanol–water partition coefficient (Wildman–Crippen LogP) is 4.57. The normalized spacial score (nSPS) is 12.5. The van der Waals surface area contributed by atoms with Gasteiger partial charge in [-0.1, -0.05) is 23.7 Å². The third-order valence-corrected chi connectivity index (χ3v) is 3.42. The topological polar surface area (TPSA) is 12.0 Å². The molecule has 19 heavy (non-hydrogen) atoms. The van der Waals surface area contributed by atoms with Gasteiger partial charge in [-0.3, -0.25) is 0 Å². The molecule has 1 nitrogen and oxygen atoms in total. The maximum atomic E-state index is 13.2. The van der Waals surface area contributed by atoms with Crippen molar-refractivity contribution in [3.05, 3.63) is 58.6 Å². The van der Waals surface area contributed by atoms with Crippen LogP contribution < -0.4 is 5.32 Å². The zero-order valence-corrected chi connectivity index (χ0v) is 11.4. The highest BCUT2D eigenvalue weighted by Gasteiger charge is 2.10. The van der Waals surface area contributed by atoms with E-state index in [-0.39, 0.29) is 6.04 Å². The van der Waals surface area contributed by atoms with Gasteiger partial charge in [0.25, 0.3) is 0 Å². The Labute approximate surface area is 116 Å². The lowest BCUT2D eigenvalue weighted by Gasteiger charge is -2.13. The Morgan fingerprint density at radius 1 is 1.00 bits per heavy atom. The van der Waals surface area contributed by atoms with Gasteiger partial charge in [0, 0.05) is 17.1 Å². The summed E-state index contributed by atoms with van der Waals surface area (Å²) in [5.74, 6) is -1.20. The highest BCUT2D eigenvalue weighted by atomic mass is 35.5. The molecule has 0 saturated carbocycles. The Morgan fingerprint density at radius 3 is 2.16 bits per heavy atom. The van der Waals surface area contributed by atoms with Crippen molar-refractivity contribution in [2.24, 2.45) is 0 Å². The SMILES string of the molecule is CNC(C)c1ccc(-c2cc(F)cc(F)c2)cc1Cl. The largest absolute Gasteiger partial charge is 0.313 e. The minimum absolute atomic E-state index is 0.116. The number of hydrogen-bond donors (Lipinski definition) is 1. The zero-order chi connectivity index (χ0) is 14.0. The van der Waals surface area contributed by atoms with Crippen LogP contribution in [0.3, 0.4) is 0 Å². The van der Waals surface area contributed by atoms with Crippen LogP contribution in [0.4, 0.5) is 8.78 Å². The van der Waals surface area contributed by atoms with Gasteiger partial charge in [0.05, 0.1) is 0 Å². The molecule has 0 aliphatic rings. The molecule has 0 spiro atoms. The molecule has 1 unspecified atom stereocenters. The van der Waals surface area contributed by atoms with E-state index in [4.69, 9.17) is 11.6 Å². The minimum atomic E-state index is -0.598. The molecule has 2 aromatic carbocycles. The molecule has 0 amide bonds. The molecule has 0 aliphatic carbocycles. The molecule has 4 heteroatoms. The summed E-state index contributed by atoms with van der Waals surface area (Å²) in [6, 6.07) is 8.93. The fraction of sp³-hybridized carbons (Fsp3) is 0.200. The molecule has 0 aromatic heterocycles.